The van der Waals surface area contributed by atoms with Crippen molar-refractivity contribution in [1.29, 1.82) is 0 Å². The summed E-state index contributed by atoms with van der Waals surface area (Å²) in [5.41, 5.74) is 0.232. The molecule has 0 aliphatic heterocycles. The zero-order valence-corrected chi connectivity index (χ0v) is 10.7. The monoisotopic (exact) mass is 275 g/mol. The number of pyridine rings is 1. The molecule has 1 atom stereocenters. The molecule has 0 aliphatic rings. The van der Waals surface area contributed by atoms with E-state index in [2.05, 4.69) is 15.6 Å². The van der Waals surface area contributed by atoms with Gasteiger partial charge in [0.15, 0.2) is 0 Å². The summed E-state index contributed by atoms with van der Waals surface area (Å²) >= 11 is 0. The van der Waals surface area contributed by atoms with E-state index in [1.807, 2.05) is 6.92 Å². The molecular formula is C12H16F3N3O. The molecule has 106 valence electrons. The molecule has 0 saturated carbocycles. The minimum Gasteiger partial charge on any atom is -0.370 e. The molecule has 0 aromatic carbocycles. The fourth-order valence-corrected chi connectivity index (χ4v) is 1.52. The first-order chi connectivity index (χ1) is 8.81. The first-order valence-electron chi connectivity index (χ1n) is 5.89. The van der Waals surface area contributed by atoms with Crippen molar-refractivity contribution in [2.45, 2.75) is 32.5 Å². The maximum absolute atomic E-state index is 12.1. The first kappa shape index (κ1) is 15.3. The molecule has 1 aromatic heterocycles. The third-order valence-corrected chi connectivity index (χ3v) is 2.30. The van der Waals surface area contributed by atoms with E-state index in [-0.39, 0.29) is 5.56 Å². The van der Waals surface area contributed by atoms with Crippen LogP contribution in [0.15, 0.2) is 18.3 Å². The van der Waals surface area contributed by atoms with Crippen molar-refractivity contribution in [3.05, 3.63) is 23.9 Å². The predicted molar refractivity (Wildman–Crippen MR) is 66.0 cm³/mol. The van der Waals surface area contributed by atoms with Gasteiger partial charge in [-0.1, -0.05) is 0 Å². The summed E-state index contributed by atoms with van der Waals surface area (Å²) in [6.07, 6.45) is -4.02. The minimum absolute atomic E-state index is 0.232. The van der Waals surface area contributed by atoms with Gasteiger partial charge in [-0.2, -0.15) is 13.2 Å². The average Bonchev–Trinajstić information content (AvgIpc) is 2.27. The quantitative estimate of drug-likeness (QED) is 0.868. The van der Waals surface area contributed by atoms with Crippen LogP contribution >= 0.6 is 0 Å². The summed E-state index contributed by atoms with van der Waals surface area (Å²) in [5, 5.41) is 5.24. The molecule has 0 bridgehead atoms. The number of aromatic nitrogens is 1. The molecule has 1 amide bonds. The first-order valence-corrected chi connectivity index (χ1v) is 5.89. The lowest BCUT2D eigenvalue weighted by atomic mass is 10.2. The highest BCUT2D eigenvalue weighted by Gasteiger charge is 2.30. The summed E-state index contributed by atoms with van der Waals surface area (Å²) in [7, 11) is 0. The molecule has 19 heavy (non-hydrogen) atoms. The molecule has 0 aliphatic carbocycles. The fourth-order valence-electron chi connectivity index (χ4n) is 1.52. The zero-order valence-electron chi connectivity index (χ0n) is 10.7. The van der Waals surface area contributed by atoms with Gasteiger partial charge in [0.1, 0.15) is 5.82 Å². The van der Waals surface area contributed by atoms with Crippen LogP contribution in [0, 0.1) is 0 Å². The number of anilines is 1. The van der Waals surface area contributed by atoms with Gasteiger partial charge in [-0.3, -0.25) is 4.79 Å². The largest absolute Gasteiger partial charge is 0.391 e. The van der Waals surface area contributed by atoms with Crippen molar-refractivity contribution in [2.24, 2.45) is 0 Å². The van der Waals surface area contributed by atoms with E-state index in [9.17, 15) is 18.0 Å². The Kier molecular flexibility index (Phi) is 5.14. The third-order valence-electron chi connectivity index (χ3n) is 2.30. The van der Waals surface area contributed by atoms with Gasteiger partial charge in [0.2, 0.25) is 0 Å². The summed E-state index contributed by atoms with van der Waals surface area (Å²) in [5.74, 6) is 0.0506. The molecule has 0 spiro atoms. The van der Waals surface area contributed by atoms with Crippen LogP contribution in [0.4, 0.5) is 19.0 Å². The summed E-state index contributed by atoms with van der Waals surface area (Å²) in [4.78, 5) is 15.6. The van der Waals surface area contributed by atoms with Crippen molar-refractivity contribution in [3.63, 3.8) is 0 Å². The molecular weight excluding hydrogens is 259 g/mol. The summed E-state index contributed by atoms with van der Waals surface area (Å²) in [6.45, 7) is 3.91. The Labute approximate surface area is 109 Å². The highest BCUT2D eigenvalue weighted by atomic mass is 19.4. The van der Waals surface area contributed by atoms with Crippen LogP contribution in [0.5, 0.6) is 0 Å². The van der Waals surface area contributed by atoms with Crippen molar-refractivity contribution >= 4 is 11.7 Å². The van der Waals surface area contributed by atoms with Crippen molar-refractivity contribution in [1.82, 2.24) is 10.3 Å². The highest BCUT2D eigenvalue weighted by Crippen LogP contribution is 2.21. The van der Waals surface area contributed by atoms with Gasteiger partial charge >= 0.3 is 6.18 Å². The number of hydrogen-bond acceptors (Lipinski definition) is 3. The topological polar surface area (TPSA) is 54.0 Å². The van der Waals surface area contributed by atoms with Gasteiger partial charge in [-0.15, -0.1) is 0 Å². The van der Waals surface area contributed by atoms with Crippen LogP contribution in [0.3, 0.4) is 0 Å². The molecule has 0 fully saturated rings. The number of alkyl halides is 3. The second-order valence-corrected chi connectivity index (χ2v) is 4.16. The highest BCUT2D eigenvalue weighted by molar-refractivity contribution is 5.94. The van der Waals surface area contributed by atoms with Crippen LogP contribution in [0.2, 0.25) is 0 Å². The van der Waals surface area contributed by atoms with E-state index in [0.29, 0.717) is 12.4 Å². The van der Waals surface area contributed by atoms with E-state index in [1.165, 1.54) is 19.2 Å². The Balaban J connectivity index is 2.58. The molecule has 7 heteroatoms. The number of carbonyl (C=O) groups excluding carboxylic acids is 1. The smallest absolute Gasteiger partial charge is 0.370 e. The number of rotatable bonds is 5. The Hall–Kier alpha value is -1.79. The number of halogens is 3. The van der Waals surface area contributed by atoms with E-state index in [0.717, 1.165) is 0 Å². The van der Waals surface area contributed by atoms with Crippen LogP contribution < -0.4 is 10.6 Å². The van der Waals surface area contributed by atoms with E-state index >= 15 is 0 Å². The summed E-state index contributed by atoms with van der Waals surface area (Å²) in [6, 6.07) is 2.15. The van der Waals surface area contributed by atoms with Crippen molar-refractivity contribution in [2.75, 3.05) is 11.9 Å². The van der Waals surface area contributed by atoms with Gasteiger partial charge < -0.3 is 10.6 Å². The van der Waals surface area contributed by atoms with Gasteiger partial charge in [-0.25, -0.2) is 4.98 Å². The number of nitrogens with one attached hydrogen (secondary N) is 2. The number of carbonyl (C=O) groups is 1. The lowest BCUT2D eigenvalue weighted by molar-refractivity contribution is -0.138. The lowest BCUT2D eigenvalue weighted by Crippen LogP contribution is -2.36. The standard InChI is InChI=1S/C12H16F3N3O/c1-3-16-10-5-4-9(7-17-10)11(19)18-8(2)6-12(13,14)15/h4-5,7-8H,3,6H2,1-2H3,(H,16,17)(H,18,19). The molecule has 2 N–H and O–H groups in total. The van der Waals surface area contributed by atoms with Crippen LogP contribution in [-0.2, 0) is 0 Å². The molecule has 1 heterocycles. The SMILES string of the molecule is CCNc1ccc(C(=O)NC(C)CC(F)(F)F)cn1. The average molecular weight is 275 g/mol. The second kappa shape index (κ2) is 6.40. The molecule has 0 radical (unpaired) electrons. The predicted octanol–water partition coefficient (Wildman–Crippen LogP) is 2.58. The third kappa shape index (κ3) is 5.58. The number of amides is 1. The lowest BCUT2D eigenvalue weighted by Gasteiger charge is -2.15. The Morgan fingerprint density at radius 2 is 2.11 bits per heavy atom. The van der Waals surface area contributed by atoms with E-state index in [4.69, 9.17) is 0 Å². The maximum atomic E-state index is 12.1. The van der Waals surface area contributed by atoms with E-state index in [1.54, 1.807) is 6.07 Å². The van der Waals surface area contributed by atoms with Crippen molar-refractivity contribution < 1.29 is 18.0 Å². The van der Waals surface area contributed by atoms with Crippen LogP contribution in [0.25, 0.3) is 0 Å². The number of nitrogens with zero attached hydrogens (tertiary/aromatic N) is 1. The summed E-state index contributed by atoms with van der Waals surface area (Å²) < 4.78 is 36.4. The Bertz CT molecular complexity index is 417. The maximum Gasteiger partial charge on any atom is 0.391 e. The minimum atomic E-state index is -4.29. The normalized spacial score (nSPS) is 12.9. The van der Waals surface area contributed by atoms with Crippen molar-refractivity contribution in [3.8, 4) is 0 Å². The molecule has 4 nitrogen and oxygen atoms in total. The Morgan fingerprint density at radius 1 is 1.42 bits per heavy atom. The molecule has 1 unspecified atom stereocenters. The van der Waals surface area contributed by atoms with Gasteiger partial charge in [0.05, 0.1) is 12.0 Å². The molecule has 0 saturated heterocycles. The van der Waals surface area contributed by atoms with Gasteiger partial charge in [0, 0.05) is 18.8 Å². The van der Waals surface area contributed by atoms with Crippen LogP contribution in [0.1, 0.15) is 30.6 Å². The van der Waals surface area contributed by atoms with Gasteiger partial charge in [-0.05, 0) is 26.0 Å². The van der Waals surface area contributed by atoms with E-state index < -0.39 is 24.5 Å². The van der Waals surface area contributed by atoms with Crippen LogP contribution in [-0.4, -0.2) is 29.7 Å². The zero-order chi connectivity index (χ0) is 14.5. The number of hydrogen-bond donors (Lipinski definition) is 2. The molecule has 1 rings (SSSR count). The Morgan fingerprint density at radius 3 is 2.58 bits per heavy atom. The second-order valence-electron chi connectivity index (χ2n) is 4.16. The van der Waals surface area contributed by atoms with Gasteiger partial charge in [0.25, 0.3) is 5.91 Å². The fraction of sp³-hybridized carbons (Fsp3) is 0.500. The molecule has 1 aromatic rings.